The number of imide groups is 1. The molecule has 0 aromatic carbocycles. The first-order chi connectivity index (χ1) is 10.4. The molecule has 0 bridgehead atoms. The molecule has 3 amide bonds. The summed E-state index contributed by atoms with van der Waals surface area (Å²) < 4.78 is 5.11. The van der Waals surface area contributed by atoms with Crippen LogP contribution in [0.5, 0.6) is 0 Å². The number of carboxylic acid groups (broad SMARTS) is 1. The molecule has 0 unspecified atom stereocenters. The Hall–Kier alpha value is -2.12. The van der Waals surface area contributed by atoms with Crippen LogP contribution in [-0.2, 0) is 19.1 Å². The molecular weight excluding hydrogens is 304 g/mol. The number of hydrogen-bond acceptors (Lipinski definition) is 5. The molecule has 1 aliphatic rings. The fourth-order valence-electron chi connectivity index (χ4n) is 2.29. The molecule has 0 saturated carbocycles. The van der Waals surface area contributed by atoms with Gasteiger partial charge in [0.15, 0.2) is 0 Å². The second kappa shape index (κ2) is 6.97. The number of carbonyl (C=O) groups is 4. The third-order valence-electron chi connectivity index (χ3n) is 3.34. The zero-order valence-corrected chi connectivity index (χ0v) is 14.1. The van der Waals surface area contributed by atoms with Crippen LogP contribution in [0.3, 0.4) is 0 Å². The van der Waals surface area contributed by atoms with Crippen molar-refractivity contribution in [3.63, 3.8) is 0 Å². The average molecular weight is 328 g/mol. The van der Waals surface area contributed by atoms with Crippen molar-refractivity contribution in [2.45, 2.75) is 65.1 Å². The second-order valence-corrected chi connectivity index (χ2v) is 6.86. The Bertz CT molecular complexity index is 509. The fourth-order valence-corrected chi connectivity index (χ4v) is 2.29. The number of hydrogen-bond donors (Lipinski definition) is 2. The molecule has 2 N–H and O–H groups in total. The smallest absolute Gasteiger partial charge is 0.408 e. The molecule has 0 aromatic rings. The summed E-state index contributed by atoms with van der Waals surface area (Å²) >= 11 is 0. The Labute approximate surface area is 135 Å². The second-order valence-electron chi connectivity index (χ2n) is 6.86. The van der Waals surface area contributed by atoms with Crippen LogP contribution in [0.25, 0.3) is 0 Å². The van der Waals surface area contributed by atoms with E-state index in [1.807, 2.05) is 0 Å². The standard InChI is InChI=1S/C15H24N2O6/c1-8(2)11(16-14(22)23-15(3,4)5)12(19)17-9(13(20)21)6-7-10(17)18/h8-9,11H,6-7H2,1-5H3,(H,16,22)(H,20,21)/t9-,11-/m0/s1. The van der Waals surface area contributed by atoms with Gasteiger partial charge in [0.1, 0.15) is 17.7 Å². The number of nitrogens with zero attached hydrogens (tertiary/aromatic N) is 1. The summed E-state index contributed by atoms with van der Waals surface area (Å²) in [5, 5.41) is 11.6. The molecule has 8 nitrogen and oxygen atoms in total. The maximum Gasteiger partial charge on any atom is 0.408 e. The largest absolute Gasteiger partial charge is 0.480 e. The predicted molar refractivity (Wildman–Crippen MR) is 80.5 cm³/mol. The van der Waals surface area contributed by atoms with Gasteiger partial charge in [-0.05, 0) is 33.1 Å². The average Bonchev–Trinajstić information content (AvgIpc) is 2.74. The number of ether oxygens (including phenoxy) is 1. The van der Waals surface area contributed by atoms with Crippen molar-refractivity contribution in [2.24, 2.45) is 5.92 Å². The Morgan fingerprint density at radius 2 is 1.87 bits per heavy atom. The van der Waals surface area contributed by atoms with E-state index in [2.05, 4.69) is 5.32 Å². The lowest BCUT2D eigenvalue weighted by atomic mass is 10.0. The van der Waals surface area contributed by atoms with Crippen LogP contribution in [0, 0.1) is 5.92 Å². The van der Waals surface area contributed by atoms with Gasteiger partial charge < -0.3 is 15.2 Å². The first kappa shape index (κ1) is 18.9. The number of carbonyl (C=O) groups excluding carboxylic acids is 3. The van der Waals surface area contributed by atoms with Gasteiger partial charge >= 0.3 is 12.1 Å². The van der Waals surface area contributed by atoms with E-state index in [0.717, 1.165) is 4.90 Å². The molecule has 1 saturated heterocycles. The van der Waals surface area contributed by atoms with E-state index >= 15 is 0 Å². The summed E-state index contributed by atoms with van der Waals surface area (Å²) in [4.78, 5) is 48.3. The molecule has 1 aliphatic heterocycles. The van der Waals surface area contributed by atoms with Gasteiger partial charge in [0.05, 0.1) is 0 Å². The highest BCUT2D eigenvalue weighted by Gasteiger charge is 2.43. The Morgan fingerprint density at radius 3 is 2.30 bits per heavy atom. The highest BCUT2D eigenvalue weighted by Crippen LogP contribution is 2.22. The first-order valence-corrected chi connectivity index (χ1v) is 7.52. The van der Waals surface area contributed by atoms with Gasteiger partial charge in [-0.1, -0.05) is 13.8 Å². The maximum absolute atomic E-state index is 12.6. The van der Waals surface area contributed by atoms with Crippen LogP contribution in [0.15, 0.2) is 0 Å². The van der Waals surface area contributed by atoms with Crippen LogP contribution < -0.4 is 5.32 Å². The molecule has 8 heteroatoms. The van der Waals surface area contributed by atoms with Gasteiger partial charge in [0.25, 0.3) is 5.91 Å². The Balaban J connectivity index is 2.92. The van der Waals surface area contributed by atoms with E-state index < -0.39 is 41.6 Å². The van der Waals surface area contributed by atoms with Crippen LogP contribution in [0.1, 0.15) is 47.5 Å². The highest BCUT2D eigenvalue weighted by atomic mass is 16.6. The van der Waals surface area contributed by atoms with E-state index in [4.69, 9.17) is 9.84 Å². The van der Waals surface area contributed by atoms with Crippen LogP contribution >= 0.6 is 0 Å². The lowest BCUT2D eigenvalue weighted by Gasteiger charge is -2.29. The summed E-state index contributed by atoms with van der Waals surface area (Å²) in [7, 11) is 0. The Kier molecular flexibility index (Phi) is 5.74. The molecule has 1 heterocycles. The van der Waals surface area contributed by atoms with E-state index in [0.29, 0.717) is 0 Å². The van der Waals surface area contributed by atoms with Crippen molar-refractivity contribution in [1.82, 2.24) is 10.2 Å². The summed E-state index contributed by atoms with van der Waals surface area (Å²) in [6.45, 7) is 8.43. The molecule has 130 valence electrons. The van der Waals surface area contributed by atoms with Gasteiger partial charge in [-0.3, -0.25) is 14.5 Å². The van der Waals surface area contributed by atoms with Crippen molar-refractivity contribution in [1.29, 1.82) is 0 Å². The number of carboxylic acids is 1. The SMILES string of the molecule is CC(C)[C@H](NC(=O)OC(C)(C)C)C(=O)N1C(=O)CC[C@H]1C(=O)O. The summed E-state index contributed by atoms with van der Waals surface area (Å²) in [6, 6.07) is -2.22. The molecule has 0 radical (unpaired) electrons. The summed E-state index contributed by atoms with van der Waals surface area (Å²) in [5.41, 5.74) is -0.734. The molecule has 23 heavy (non-hydrogen) atoms. The highest BCUT2D eigenvalue weighted by molar-refractivity contribution is 6.04. The quantitative estimate of drug-likeness (QED) is 0.800. The minimum atomic E-state index is -1.23. The fraction of sp³-hybridized carbons (Fsp3) is 0.733. The number of nitrogens with one attached hydrogen (secondary N) is 1. The van der Waals surface area contributed by atoms with Gasteiger partial charge in [-0.2, -0.15) is 0 Å². The lowest BCUT2D eigenvalue weighted by molar-refractivity contribution is -0.155. The zero-order valence-electron chi connectivity index (χ0n) is 14.1. The van der Waals surface area contributed by atoms with Gasteiger partial charge in [-0.25, -0.2) is 9.59 Å². The zero-order chi connectivity index (χ0) is 17.9. The molecule has 0 aromatic heterocycles. The van der Waals surface area contributed by atoms with Crippen molar-refractivity contribution < 1.29 is 29.0 Å². The molecule has 0 aliphatic carbocycles. The van der Waals surface area contributed by atoms with E-state index in [1.54, 1.807) is 34.6 Å². The summed E-state index contributed by atoms with van der Waals surface area (Å²) in [6.07, 6.45) is -0.708. The number of aliphatic carboxylic acids is 1. The third kappa shape index (κ3) is 4.94. The summed E-state index contributed by atoms with van der Waals surface area (Å²) in [5.74, 6) is -2.83. The van der Waals surface area contributed by atoms with Crippen molar-refractivity contribution in [2.75, 3.05) is 0 Å². The normalized spacial score (nSPS) is 19.7. The predicted octanol–water partition coefficient (Wildman–Crippen LogP) is 1.14. The van der Waals surface area contributed by atoms with Gasteiger partial charge in [0.2, 0.25) is 5.91 Å². The monoisotopic (exact) mass is 328 g/mol. The molecule has 1 fully saturated rings. The van der Waals surface area contributed by atoms with E-state index in [9.17, 15) is 19.2 Å². The number of alkyl carbamates (subject to hydrolysis) is 1. The first-order valence-electron chi connectivity index (χ1n) is 7.52. The third-order valence-corrected chi connectivity index (χ3v) is 3.34. The van der Waals surface area contributed by atoms with E-state index in [1.165, 1.54) is 0 Å². The van der Waals surface area contributed by atoms with Crippen molar-refractivity contribution in [3.05, 3.63) is 0 Å². The van der Waals surface area contributed by atoms with Crippen LogP contribution in [-0.4, -0.2) is 51.6 Å². The van der Waals surface area contributed by atoms with Gasteiger partial charge in [0, 0.05) is 6.42 Å². The number of rotatable bonds is 4. The van der Waals surface area contributed by atoms with E-state index in [-0.39, 0.29) is 18.8 Å². The minimum Gasteiger partial charge on any atom is -0.480 e. The van der Waals surface area contributed by atoms with Crippen LogP contribution in [0.4, 0.5) is 4.79 Å². The van der Waals surface area contributed by atoms with Gasteiger partial charge in [-0.15, -0.1) is 0 Å². The lowest BCUT2D eigenvalue weighted by Crippen LogP contribution is -2.55. The minimum absolute atomic E-state index is 0.0000402. The molecule has 1 rings (SSSR count). The molecule has 2 atom stereocenters. The molecular formula is C15H24N2O6. The molecule has 0 spiro atoms. The number of amides is 3. The van der Waals surface area contributed by atoms with Crippen LogP contribution in [0.2, 0.25) is 0 Å². The maximum atomic E-state index is 12.6. The number of likely N-dealkylation sites (tertiary alicyclic amines) is 1. The van der Waals surface area contributed by atoms with Crippen molar-refractivity contribution in [3.8, 4) is 0 Å². The Morgan fingerprint density at radius 1 is 1.30 bits per heavy atom. The topological polar surface area (TPSA) is 113 Å². The van der Waals surface area contributed by atoms with Crippen molar-refractivity contribution >= 4 is 23.9 Å².